The van der Waals surface area contributed by atoms with Gasteiger partial charge in [-0.15, -0.1) is 0 Å². The lowest BCUT2D eigenvalue weighted by Gasteiger charge is -2.26. The lowest BCUT2D eigenvalue weighted by molar-refractivity contribution is -0.870. The fourth-order valence-corrected chi connectivity index (χ4v) is 9.50. The highest BCUT2D eigenvalue weighted by atomic mass is 16.7. The molecule has 0 aromatic heterocycles. The lowest BCUT2D eigenvalue weighted by Crippen LogP contribution is -2.44. The predicted octanol–water partition coefficient (Wildman–Crippen LogP) is 21.7. The molecule has 0 fully saturated rings. The van der Waals surface area contributed by atoms with Gasteiger partial charge in [0.25, 0.3) is 0 Å². The van der Waals surface area contributed by atoms with Crippen LogP contribution in [0.25, 0.3) is 0 Å². The van der Waals surface area contributed by atoms with Crippen LogP contribution in [0.15, 0.2) is 170 Å². The molecule has 0 amide bonds. The van der Waals surface area contributed by atoms with Crippen molar-refractivity contribution in [1.29, 1.82) is 0 Å². The quantitative estimate of drug-likeness (QED) is 0.0195. The first-order chi connectivity index (χ1) is 44.6. The molecule has 0 aliphatic heterocycles. The van der Waals surface area contributed by atoms with Crippen LogP contribution in [0.4, 0.5) is 0 Å². The summed E-state index contributed by atoms with van der Waals surface area (Å²) in [6.45, 7) is 4.49. The molecule has 2 unspecified atom stereocenters. The second-order valence-electron chi connectivity index (χ2n) is 24.8. The van der Waals surface area contributed by atoms with Crippen LogP contribution in [-0.4, -0.2) is 82.3 Å². The Morgan fingerprint density at radius 3 is 0.879 bits per heavy atom. The third kappa shape index (κ3) is 71.9. The van der Waals surface area contributed by atoms with Crippen molar-refractivity contribution >= 4 is 17.9 Å². The number of carbonyl (C=O) groups is 3. The van der Waals surface area contributed by atoms with Gasteiger partial charge in [-0.05, 0) is 128 Å². The number of hydrogen-bond acceptors (Lipinski definition) is 8. The Kier molecular flexibility index (Phi) is 66.4. The van der Waals surface area contributed by atoms with Crippen molar-refractivity contribution in [3.8, 4) is 0 Å². The third-order valence-electron chi connectivity index (χ3n) is 15.0. The maximum absolute atomic E-state index is 13.0. The van der Waals surface area contributed by atoms with Crippen LogP contribution in [0.3, 0.4) is 0 Å². The van der Waals surface area contributed by atoms with Gasteiger partial charge in [0.2, 0.25) is 0 Å². The minimum atomic E-state index is -1.64. The summed E-state index contributed by atoms with van der Waals surface area (Å²) in [6, 6.07) is 0. The van der Waals surface area contributed by atoms with E-state index >= 15 is 0 Å². The van der Waals surface area contributed by atoms with Crippen molar-refractivity contribution in [2.24, 2.45) is 0 Å². The zero-order chi connectivity index (χ0) is 66.1. The molecule has 2 atom stereocenters. The Labute approximate surface area is 558 Å². The Bertz CT molecular complexity index is 2100. The van der Waals surface area contributed by atoms with Gasteiger partial charge in [-0.1, -0.05) is 300 Å². The highest BCUT2D eigenvalue weighted by Crippen LogP contribution is 2.16. The molecule has 0 aromatic carbocycles. The van der Waals surface area contributed by atoms with E-state index < -0.39 is 24.3 Å². The molecule has 0 heterocycles. The van der Waals surface area contributed by atoms with Crippen molar-refractivity contribution in [2.75, 3.05) is 47.5 Å². The first-order valence-corrected chi connectivity index (χ1v) is 36.3. The van der Waals surface area contributed by atoms with Crippen molar-refractivity contribution in [3.63, 3.8) is 0 Å². The highest BCUT2D eigenvalue weighted by Gasteiger charge is 2.22. The summed E-state index contributed by atoms with van der Waals surface area (Å²) in [6.07, 6.45) is 103. The van der Waals surface area contributed by atoms with E-state index in [1.807, 2.05) is 21.1 Å². The number of nitrogens with zero attached hydrogens (tertiary/aromatic N) is 1. The highest BCUT2D eigenvalue weighted by molar-refractivity contribution is 5.70. The molecule has 0 N–H and O–H groups in total. The largest absolute Gasteiger partial charge is 0.545 e. The Morgan fingerprint density at radius 2 is 0.593 bits per heavy atom. The molecule has 9 heteroatoms. The third-order valence-corrected chi connectivity index (χ3v) is 15.0. The van der Waals surface area contributed by atoms with Gasteiger partial charge in [0, 0.05) is 12.8 Å². The van der Waals surface area contributed by atoms with Crippen LogP contribution >= 0.6 is 0 Å². The van der Waals surface area contributed by atoms with Gasteiger partial charge in [0.05, 0.1) is 40.3 Å². The van der Waals surface area contributed by atoms with Crippen molar-refractivity contribution in [2.45, 2.75) is 283 Å². The maximum atomic E-state index is 13.0. The molecular weight excluding hydrogens is 1130 g/mol. The monoisotopic (exact) mass is 1260 g/mol. The number of esters is 2. The van der Waals surface area contributed by atoms with Crippen LogP contribution in [0, 0.1) is 0 Å². The van der Waals surface area contributed by atoms with E-state index in [4.69, 9.17) is 18.9 Å². The molecule has 9 nitrogen and oxygen atoms in total. The molecular formula is C82H133NO8. The van der Waals surface area contributed by atoms with Crippen LogP contribution in [0.2, 0.25) is 0 Å². The van der Waals surface area contributed by atoms with E-state index in [1.165, 1.54) is 89.9 Å². The van der Waals surface area contributed by atoms with E-state index in [1.54, 1.807) is 0 Å². The molecule has 514 valence electrons. The standard InChI is InChI=1S/C82H133NO8/c1-6-8-10-12-14-16-18-20-22-24-26-28-30-32-34-35-36-37-38-39-40-41-42-43-44-45-47-49-51-53-55-57-59-61-63-65-67-69-71-73-80(85)91-78(77-90-82(81(86)87)88-75-74-83(3,4)5)76-89-79(84)72-70-68-66-64-62-60-58-56-54-52-50-48-46-33-31-29-27-25-23-21-19-17-15-13-11-9-7-2/h8-11,14-17,20-23,26-29,32-34,36-37,39-40,46,50,52,56,58,78,82H,6-7,12-13,18-19,24-25,30-31,35,38,41-45,47-49,51,53-55,57,59-77H2,1-5H3/b10-8-,11-9-,16-14-,17-15-,22-20-,23-21-,28-26-,29-27-,34-32-,37-36-,40-39-,46-33-,52-50-,58-56-. The van der Waals surface area contributed by atoms with Gasteiger partial charge < -0.3 is 33.3 Å². The predicted molar refractivity (Wildman–Crippen MR) is 388 cm³/mol. The van der Waals surface area contributed by atoms with Gasteiger partial charge >= 0.3 is 11.9 Å². The van der Waals surface area contributed by atoms with E-state index in [0.29, 0.717) is 23.9 Å². The number of carboxylic acids is 1. The SMILES string of the molecule is CC/C=C\C/C=C\C/C=C\C/C=C\C/C=C\C/C=C\C/C=C\CCCCCCCCCCCCCCCCCCCC(=O)OC(COC(=O)CCCCCCC/C=C\C/C=C\C/C=C\C/C=C\C/C=C\C/C=C\C/C=C\CC)COC(OCC[N+](C)(C)C)C(=O)[O-]. The van der Waals surface area contributed by atoms with Gasteiger partial charge in [-0.3, -0.25) is 9.59 Å². The van der Waals surface area contributed by atoms with Gasteiger partial charge in [0.1, 0.15) is 13.2 Å². The van der Waals surface area contributed by atoms with E-state index in [2.05, 4.69) is 184 Å². The van der Waals surface area contributed by atoms with E-state index in [0.717, 1.165) is 141 Å². The summed E-state index contributed by atoms with van der Waals surface area (Å²) in [4.78, 5) is 37.5. The Morgan fingerprint density at radius 1 is 0.330 bits per heavy atom. The summed E-state index contributed by atoms with van der Waals surface area (Å²) >= 11 is 0. The number of ether oxygens (including phenoxy) is 4. The van der Waals surface area contributed by atoms with E-state index in [-0.39, 0.29) is 38.6 Å². The van der Waals surface area contributed by atoms with Crippen molar-refractivity contribution in [3.05, 3.63) is 170 Å². The summed E-state index contributed by atoms with van der Waals surface area (Å²) in [5, 5.41) is 11.8. The second kappa shape index (κ2) is 70.5. The number of hydrogen-bond donors (Lipinski definition) is 0. The number of likely N-dealkylation sites (N-methyl/N-ethyl adjacent to an activating group) is 1. The van der Waals surface area contributed by atoms with Crippen LogP contribution in [-0.2, 0) is 33.3 Å². The average molecular weight is 1260 g/mol. The first-order valence-electron chi connectivity index (χ1n) is 36.3. The summed E-state index contributed by atoms with van der Waals surface area (Å²) in [5.74, 6) is -2.32. The summed E-state index contributed by atoms with van der Waals surface area (Å²) < 4.78 is 22.8. The molecule has 0 saturated heterocycles. The Balaban J connectivity index is 4.14. The Hall–Kier alpha value is -5.35. The van der Waals surface area contributed by atoms with Gasteiger partial charge in [-0.2, -0.15) is 0 Å². The molecule has 91 heavy (non-hydrogen) atoms. The molecule has 0 bridgehead atoms. The smallest absolute Gasteiger partial charge is 0.306 e. The minimum absolute atomic E-state index is 0.137. The number of quaternary nitrogens is 1. The summed E-state index contributed by atoms with van der Waals surface area (Å²) in [5.41, 5.74) is 0. The molecule has 0 saturated carbocycles. The first kappa shape index (κ1) is 85.7. The number of carboxylic acid groups (broad SMARTS) is 1. The zero-order valence-corrected chi connectivity index (χ0v) is 58.6. The minimum Gasteiger partial charge on any atom is -0.545 e. The average Bonchev–Trinajstić information content (AvgIpc) is 3.46. The maximum Gasteiger partial charge on any atom is 0.306 e. The zero-order valence-electron chi connectivity index (χ0n) is 58.6. The summed E-state index contributed by atoms with van der Waals surface area (Å²) in [7, 11) is 5.92. The number of unbranched alkanes of at least 4 members (excludes halogenated alkanes) is 22. The molecule has 0 radical (unpaired) electrons. The van der Waals surface area contributed by atoms with Gasteiger partial charge in [0.15, 0.2) is 12.4 Å². The fraction of sp³-hybridized carbons (Fsp3) is 0.622. The van der Waals surface area contributed by atoms with Gasteiger partial charge in [-0.25, -0.2) is 0 Å². The molecule has 0 aromatic rings. The topological polar surface area (TPSA) is 111 Å². The van der Waals surface area contributed by atoms with Crippen molar-refractivity contribution < 1.29 is 42.9 Å². The molecule has 0 aliphatic rings. The number of aliphatic carboxylic acids is 1. The van der Waals surface area contributed by atoms with Crippen LogP contribution in [0.1, 0.15) is 271 Å². The number of allylic oxidation sites excluding steroid dienone is 28. The normalized spacial score (nSPS) is 13.7. The number of rotatable bonds is 65. The molecule has 0 spiro atoms. The van der Waals surface area contributed by atoms with Crippen LogP contribution < -0.4 is 5.11 Å². The molecule has 0 rings (SSSR count). The second-order valence-corrected chi connectivity index (χ2v) is 24.8. The van der Waals surface area contributed by atoms with Crippen molar-refractivity contribution in [1.82, 2.24) is 0 Å². The van der Waals surface area contributed by atoms with Crippen LogP contribution in [0.5, 0.6) is 0 Å². The number of carbonyl (C=O) groups excluding carboxylic acids is 3. The molecule has 0 aliphatic carbocycles. The van der Waals surface area contributed by atoms with E-state index in [9.17, 15) is 19.5 Å². The lowest BCUT2D eigenvalue weighted by atomic mass is 10.0. The fourth-order valence-electron chi connectivity index (χ4n) is 9.50.